The van der Waals surface area contributed by atoms with Crippen molar-refractivity contribution in [1.82, 2.24) is 9.97 Å². The number of nitro groups is 1. The number of nitrogens with zero attached hydrogens (tertiary/aromatic N) is 2. The van der Waals surface area contributed by atoms with Gasteiger partial charge in [-0.15, -0.1) is 0 Å². The first-order valence-electron chi connectivity index (χ1n) is 3.79. The number of hydrogen-bond acceptors (Lipinski definition) is 4. The van der Waals surface area contributed by atoms with Gasteiger partial charge in [-0.2, -0.15) is 0 Å². The van der Waals surface area contributed by atoms with Gasteiger partial charge in [0.1, 0.15) is 11.0 Å². The molecule has 0 spiro atoms. The lowest BCUT2D eigenvalue weighted by atomic mass is 10.2. The van der Waals surface area contributed by atoms with Crippen LogP contribution in [0.25, 0.3) is 11.0 Å². The maximum Gasteiger partial charge on any atom is 0.282 e. The van der Waals surface area contributed by atoms with Gasteiger partial charge >= 0.3 is 0 Å². The topological polar surface area (TPSA) is 88.9 Å². The molecule has 2 rings (SSSR count). The molecule has 0 aliphatic carbocycles. The molecule has 1 N–H and O–H groups in total. The summed E-state index contributed by atoms with van der Waals surface area (Å²) < 4.78 is 0. The Morgan fingerprint density at radius 2 is 2.36 bits per heavy atom. The Labute approximate surface area is 77.7 Å². The van der Waals surface area contributed by atoms with E-state index in [1.54, 1.807) is 0 Å². The molecule has 0 saturated carbocycles. The minimum absolute atomic E-state index is 0.113. The van der Waals surface area contributed by atoms with Crippen molar-refractivity contribution in [3.05, 3.63) is 34.1 Å². The van der Waals surface area contributed by atoms with E-state index in [9.17, 15) is 14.9 Å². The van der Waals surface area contributed by atoms with Crippen LogP contribution >= 0.6 is 0 Å². The molecule has 0 unspecified atom stereocenters. The van der Waals surface area contributed by atoms with Gasteiger partial charge in [-0.05, 0) is 0 Å². The highest BCUT2D eigenvalue weighted by molar-refractivity contribution is 6.00. The summed E-state index contributed by atoms with van der Waals surface area (Å²) in [5.74, 6) is 0. The molecule has 70 valence electrons. The second-order valence-electron chi connectivity index (χ2n) is 2.67. The number of nitrogens with one attached hydrogen (secondary N) is 1. The minimum Gasteiger partial charge on any atom is -0.345 e. The van der Waals surface area contributed by atoms with Gasteiger partial charge in [0.2, 0.25) is 0 Å². The van der Waals surface area contributed by atoms with Crippen LogP contribution in [0, 0.1) is 10.1 Å². The SMILES string of the molecule is O=Cc1c[nH]c2nccc([N+](=O)[O-])c12. The normalized spacial score (nSPS) is 10.3. The Morgan fingerprint density at radius 1 is 1.57 bits per heavy atom. The fraction of sp³-hybridized carbons (Fsp3) is 0. The lowest BCUT2D eigenvalue weighted by Gasteiger charge is -1.92. The summed E-state index contributed by atoms with van der Waals surface area (Å²) in [5.41, 5.74) is 0.486. The van der Waals surface area contributed by atoms with Crippen molar-refractivity contribution in [2.45, 2.75) is 0 Å². The van der Waals surface area contributed by atoms with Crippen molar-refractivity contribution in [2.75, 3.05) is 0 Å². The third-order valence-corrected chi connectivity index (χ3v) is 1.91. The molecule has 0 aliphatic rings. The highest BCUT2D eigenvalue weighted by atomic mass is 16.6. The van der Waals surface area contributed by atoms with E-state index in [2.05, 4.69) is 9.97 Å². The summed E-state index contributed by atoms with van der Waals surface area (Å²) >= 11 is 0. The van der Waals surface area contributed by atoms with E-state index in [4.69, 9.17) is 0 Å². The highest BCUT2D eigenvalue weighted by Gasteiger charge is 2.16. The van der Waals surface area contributed by atoms with E-state index in [0.29, 0.717) is 11.9 Å². The fourth-order valence-electron chi connectivity index (χ4n) is 1.31. The minimum atomic E-state index is -0.537. The van der Waals surface area contributed by atoms with Crippen LogP contribution in [0.5, 0.6) is 0 Å². The zero-order valence-electron chi connectivity index (χ0n) is 6.93. The zero-order valence-corrected chi connectivity index (χ0v) is 6.93. The highest BCUT2D eigenvalue weighted by Crippen LogP contribution is 2.25. The van der Waals surface area contributed by atoms with Gasteiger partial charge in [0.25, 0.3) is 5.69 Å². The molecule has 2 heterocycles. The molecule has 0 amide bonds. The second kappa shape index (κ2) is 2.91. The summed E-state index contributed by atoms with van der Waals surface area (Å²) in [6.07, 6.45) is 3.29. The van der Waals surface area contributed by atoms with Gasteiger partial charge in [-0.25, -0.2) is 4.98 Å². The van der Waals surface area contributed by atoms with E-state index >= 15 is 0 Å². The molecule has 0 aromatic carbocycles. The third kappa shape index (κ3) is 1.05. The molecule has 6 nitrogen and oxygen atoms in total. The van der Waals surface area contributed by atoms with Crippen molar-refractivity contribution >= 4 is 23.0 Å². The zero-order chi connectivity index (χ0) is 10.1. The second-order valence-corrected chi connectivity index (χ2v) is 2.67. The number of aromatic amines is 1. The summed E-state index contributed by atoms with van der Waals surface area (Å²) in [4.78, 5) is 27.2. The van der Waals surface area contributed by atoms with Crippen LogP contribution in [0.1, 0.15) is 10.4 Å². The molecule has 0 bridgehead atoms. The summed E-state index contributed by atoms with van der Waals surface area (Å²) in [6.45, 7) is 0. The summed E-state index contributed by atoms with van der Waals surface area (Å²) in [6, 6.07) is 1.27. The van der Waals surface area contributed by atoms with Gasteiger partial charge in [0.15, 0.2) is 6.29 Å². The predicted octanol–water partition coefficient (Wildman–Crippen LogP) is 1.28. The lowest BCUT2D eigenvalue weighted by molar-refractivity contribution is -0.383. The molecular formula is C8H5N3O3. The largest absolute Gasteiger partial charge is 0.345 e. The van der Waals surface area contributed by atoms with Crippen LogP contribution in [-0.4, -0.2) is 21.2 Å². The van der Waals surface area contributed by atoms with Gasteiger partial charge in [-0.1, -0.05) is 0 Å². The van der Waals surface area contributed by atoms with Gasteiger partial charge in [0.05, 0.1) is 4.92 Å². The number of carbonyl (C=O) groups is 1. The Hall–Kier alpha value is -2.24. The molecule has 2 aromatic heterocycles. The number of carbonyl (C=O) groups excluding carboxylic acids is 1. The summed E-state index contributed by atoms with van der Waals surface area (Å²) in [5, 5.41) is 10.9. The molecule has 0 radical (unpaired) electrons. The molecule has 6 heteroatoms. The molecule has 0 atom stereocenters. The first-order valence-corrected chi connectivity index (χ1v) is 3.79. The first-order chi connectivity index (χ1) is 6.74. The summed E-state index contributed by atoms with van der Waals surface area (Å²) in [7, 11) is 0. The molecular weight excluding hydrogens is 186 g/mol. The first kappa shape index (κ1) is 8.36. The number of hydrogen-bond donors (Lipinski definition) is 1. The Balaban J connectivity index is 2.88. The van der Waals surface area contributed by atoms with E-state index in [1.165, 1.54) is 18.5 Å². The van der Waals surface area contributed by atoms with Crippen LogP contribution in [0.4, 0.5) is 5.69 Å². The third-order valence-electron chi connectivity index (χ3n) is 1.91. The van der Waals surface area contributed by atoms with Crippen LogP contribution in [-0.2, 0) is 0 Å². The molecule has 14 heavy (non-hydrogen) atoms. The smallest absolute Gasteiger partial charge is 0.282 e. The number of pyridine rings is 1. The monoisotopic (exact) mass is 191 g/mol. The van der Waals surface area contributed by atoms with Crippen molar-refractivity contribution in [2.24, 2.45) is 0 Å². The number of H-pyrrole nitrogens is 1. The van der Waals surface area contributed by atoms with Crippen molar-refractivity contribution in [1.29, 1.82) is 0 Å². The quantitative estimate of drug-likeness (QED) is 0.440. The Morgan fingerprint density at radius 3 is 3.00 bits per heavy atom. The maximum absolute atomic E-state index is 10.6. The maximum atomic E-state index is 10.6. The predicted molar refractivity (Wildman–Crippen MR) is 48.1 cm³/mol. The lowest BCUT2D eigenvalue weighted by Crippen LogP contribution is -1.91. The van der Waals surface area contributed by atoms with E-state index in [1.807, 2.05) is 0 Å². The average Bonchev–Trinajstić information content (AvgIpc) is 2.59. The Kier molecular flexibility index (Phi) is 1.74. The van der Waals surface area contributed by atoms with E-state index in [0.717, 1.165) is 0 Å². The average molecular weight is 191 g/mol. The van der Waals surface area contributed by atoms with Gasteiger partial charge < -0.3 is 4.98 Å². The van der Waals surface area contributed by atoms with Gasteiger partial charge in [0, 0.05) is 24.0 Å². The van der Waals surface area contributed by atoms with E-state index in [-0.39, 0.29) is 16.6 Å². The number of aromatic nitrogens is 2. The van der Waals surface area contributed by atoms with Crippen LogP contribution in [0.2, 0.25) is 0 Å². The van der Waals surface area contributed by atoms with Crippen LogP contribution < -0.4 is 0 Å². The standard InChI is InChI=1S/C8H5N3O3/c12-4-5-3-10-8-7(5)6(11(13)14)1-2-9-8/h1-4H,(H,9,10). The number of fused-ring (bicyclic) bond motifs is 1. The van der Waals surface area contributed by atoms with Crippen molar-refractivity contribution in [3.8, 4) is 0 Å². The number of aldehydes is 1. The molecule has 2 aromatic rings. The van der Waals surface area contributed by atoms with Crippen LogP contribution in [0.15, 0.2) is 18.5 Å². The fourth-order valence-corrected chi connectivity index (χ4v) is 1.31. The van der Waals surface area contributed by atoms with E-state index < -0.39 is 4.92 Å². The molecule has 0 fully saturated rings. The van der Waals surface area contributed by atoms with Crippen LogP contribution in [0.3, 0.4) is 0 Å². The van der Waals surface area contributed by atoms with Crippen molar-refractivity contribution < 1.29 is 9.72 Å². The Bertz CT molecular complexity index is 518. The number of rotatable bonds is 2. The molecule has 0 saturated heterocycles. The van der Waals surface area contributed by atoms with Gasteiger partial charge in [-0.3, -0.25) is 14.9 Å². The van der Waals surface area contributed by atoms with Crippen molar-refractivity contribution in [3.63, 3.8) is 0 Å². The molecule has 0 aliphatic heterocycles.